The van der Waals surface area contributed by atoms with Crippen molar-refractivity contribution < 1.29 is 4.42 Å². The minimum absolute atomic E-state index is 0.647. The number of rotatable bonds is 4. The van der Waals surface area contributed by atoms with Gasteiger partial charge in [-0.2, -0.15) is 5.10 Å². The molecule has 0 saturated carbocycles. The van der Waals surface area contributed by atoms with Crippen molar-refractivity contribution in [2.24, 2.45) is 5.73 Å². The number of pyridine rings is 1. The number of nitrogens with zero attached hydrogens (tertiary/aromatic N) is 3. The van der Waals surface area contributed by atoms with Gasteiger partial charge in [0.15, 0.2) is 11.7 Å². The normalized spacial score (nSPS) is 11.2. The molecule has 0 aliphatic heterocycles. The summed E-state index contributed by atoms with van der Waals surface area (Å²) in [5, 5.41) is 4.28. The van der Waals surface area contributed by atoms with Gasteiger partial charge in [0.2, 0.25) is 0 Å². The summed E-state index contributed by atoms with van der Waals surface area (Å²) in [6.07, 6.45) is 7.10. The smallest absolute Gasteiger partial charge is 0.194 e. The molecule has 18 heavy (non-hydrogen) atoms. The standard InChI is InChI=1S/C13H14N4O/c14-6-3-5-13-15-9-12(18-13)10-8-16-17-7-2-1-4-11(10)17/h1-2,4,7-9H,3,5-6,14H2. The van der Waals surface area contributed by atoms with Crippen molar-refractivity contribution in [3.63, 3.8) is 0 Å². The average molecular weight is 242 g/mol. The van der Waals surface area contributed by atoms with Crippen LogP contribution in [0.4, 0.5) is 0 Å². The Hall–Kier alpha value is -2.14. The van der Waals surface area contributed by atoms with E-state index in [0.717, 1.165) is 35.6 Å². The summed E-state index contributed by atoms with van der Waals surface area (Å²) in [7, 11) is 0. The molecule has 3 aromatic rings. The van der Waals surface area contributed by atoms with Crippen LogP contribution in [0.2, 0.25) is 0 Å². The summed E-state index contributed by atoms with van der Waals surface area (Å²) in [4.78, 5) is 4.26. The number of fused-ring (bicyclic) bond motifs is 1. The highest BCUT2D eigenvalue weighted by Gasteiger charge is 2.11. The van der Waals surface area contributed by atoms with Gasteiger partial charge in [0.05, 0.1) is 23.5 Å². The Kier molecular flexibility index (Phi) is 2.82. The molecule has 92 valence electrons. The summed E-state index contributed by atoms with van der Waals surface area (Å²) in [6.45, 7) is 0.647. The number of aryl methyl sites for hydroxylation is 1. The molecule has 5 heteroatoms. The summed E-state index contributed by atoms with van der Waals surface area (Å²) < 4.78 is 7.54. The molecule has 0 saturated heterocycles. The molecule has 0 spiro atoms. The Morgan fingerprint density at radius 1 is 1.28 bits per heavy atom. The predicted molar refractivity (Wildman–Crippen MR) is 68.1 cm³/mol. The van der Waals surface area contributed by atoms with E-state index in [-0.39, 0.29) is 0 Å². The van der Waals surface area contributed by atoms with Crippen LogP contribution in [0.15, 0.2) is 41.2 Å². The van der Waals surface area contributed by atoms with Gasteiger partial charge in [-0.3, -0.25) is 0 Å². The van der Waals surface area contributed by atoms with Gasteiger partial charge in [-0.05, 0) is 25.1 Å². The van der Waals surface area contributed by atoms with Gasteiger partial charge in [-0.15, -0.1) is 0 Å². The van der Waals surface area contributed by atoms with E-state index < -0.39 is 0 Å². The highest BCUT2D eigenvalue weighted by Crippen LogP contribution is 2.25. The number of hydrogen-bond acceptors (Lipinski definition) is 4. The fraction of sp³-hybridized carbons (Fsp3) is 0.231. The van der Waals surface area contributed by atoms with Crippen LogP contribution in [0.3, 0.4) is 0 Å². The first-order valence-corrected chi connectivity index (χ1v) is 5.96. The van der Waals surface area contributed by atoms with Crippen LogP contribution >= 0.6 is 0 Å². The van der Waals surface area contributed by atoms with E-state index in [9.17, 15) is 0 Å². The third kappa shape index (κ3) is 1.89. The summed E-state index contributed by atoms with van der Waals surface area (Å²) >= 11 is 0. The van der Waals surface area contributed by atoms with Crippen LogP contribution < -0.4 is 5.73 Å². The van der Waals surface area contributed by atoms with Crippen molar-refractivity contribution in [1.82, 2.24) is 14.6 Å². The molecule has 0 aliphatic carbocycles. The van der Waals surface area contributed by atoms with E-state index in [2.05, 4.69) is 10.1 Å². The molecule has 3 aromatic heterocycles. The van der Waals surface area contributed by atoms with E-state index in [1.165, 1.54) is 0 Å². The van der Waals surface area contributed by atoms with Crippen LogP contribution in [0, 0.1) is 0 Å². The molecule has 5 nitrogen and oxygen atoms in total. The fourth-order valence-corrected chi connectivity index (χ4v) is 1.93. The maximum atomic E-state index is 5.72. The molecule has 0 amide bonds. The third-order valence-corrected chi connectivity index (χ3v) is 2.84. The maximum absolute atomic E-state index is 5.72. The fourth-order valence-electron chi connectivity index (χ4n) is 1.93. The Labute approximate surface area is 104 Å². The molecule has 3 heterocycles. The zero-order valence-electron chi connectivity index (χ0n) is 9.91. The van der Waals surface area contributed by atoms with Crippen molar-refractivity contribution in [1.29, 1.82) is 0 Å². The zero-order chi connectivity index (χ0) is 12.4. The second-order valence-corrected chi connectivity index (χ2v) is 4.10. The molecular weight excluding hydrogens is 228 g/mol. The Morgan fingerprint density at radius 3 is 3.11 bits per heavy atom. The lowest BCUT2D eigenvalue weighted by molar-refractivity contribution is 0.500. The van der Waals surface area contributed by atoms with Gasteiger partial charge in [0.1, 0.15) is 0 Å². The molecular formula is C13H14N4O. The number of hydrogen-bond donors (Lipinski definition) is 1. The van der Waals surface area contributed by atoms with Gasteiger partial charge < -0.3 is 10.2 Å². The monoisotopic (exact) mass is 242 g/mol. The topological polar surface area (TPSA) is 69.3 Å². The second kappa shape index (κ2) is 4.62. The van der Waals surface area contributed by atoms with E-state index in [1.54, 1.807) is 12.4 Å². The minimum Gasteiger partial charge on any atom is -0.441 e. The van der Waals surface area contributed by atoms with Crippen LogP contribution in [-0.2, 0) is 6.42 Å². The van der Waals surface area contributed by atoms with Gasteiger partial charge in [-0.1, -0.05) is 6.07 Å². The molecule has 0 bridgehead atoms. The van der Waals surface area contributed by atoms with Crippen molar-refractivity contribution in [2.45, 2.75) is 12.8 Å². The molecule has 0 fully saturated rings. The first kappa shape index (κ1) is 11.0. The number of oxazole rings is 1. The maximum Gasteiger partial charge on any atom is 0.194 e. The van der Waals surface area contributed by atoms with Gasteiger partial charge in [0.25, 0.3) is 0 Å². The van der Waals surface area contributed by atoms with Crippen LogP contribution in [-0.4, -0.2) is 21.1 Å². The van der Waals surface area contributed by atoms with Crippen LogP contribution in [0.5, 0.6) is 0 Å². The minimum atomic E-state index is 0.647. The molecule has 3 rings (SSSR count). The van der Waals surface area contributed by atoms with E-state index in [4.69, 9.17) is 10.2 Å². The lowest BCUT2D eigenvalue weighted by Gasteiger charge is -1.94. The van der Waals surface area contributed by atoms with Crippen molar-refractivity contribution in [3.05, 3.63) is 42.7 Å². The Balaban J connectivity index is 1.96. The lowest BCUT2D eigenvalue weighted by atomic mass is 10.2. The highest BCUT2D eigenvalue weighted by atomic mass is 16.4. The molecule has 0 unspecified atom stereocenters. The van der Waals surface area contributed by atoms with Crippen LogP contribution in [0.1, 0.15) is 12.3 Å². The largest absolute Gasteiger partial charge is 0.441 e. The quantitative estimate of drug-likeness (QED) is 0.758. The van der Waals surface area contributed by atoms with Crippen molar-refractivity contribution >= 4 is 5.52 Å². The molecule has 2 N–H and O–H groups in total. The van der Waals surface area contributed by atoms with Gasteiger partial charge in [0, 0.05) is 12.6 Å². The second-order valence-electron chi connectivity index (χ2n) is 4.10. The number of aromatic nitrogens is 3. The van der Waals surface area contributed by atoms with E-state index in [0.29, 0.717) is 6.54 Å². The molecule has 0 radical (unpaired) electrons. The molecule has 0 aromatic carbocycles. The van der Waals surface area contributed by atoms with Crippen LogP contribution in [0.25, 0.3) is 16.8 Å². The Morgan fingerprint density at radius 2 is 2.22 bits per heavy atom. The average Bonchev–Trinajstić information content (AvgIpc) is 3.02. The summed E-state index contributed by atoms with van der Waals surface area (Å²) in [5.74, 6) is 1.48. The van der Waals surface area contributed by atoms with Crippen molar-refractivity contribution in [2.75, 3.05) is 6.54 Å². The zero-order valence-corrected chi connectivity index (χ0v) is 9.91. The Bertz CT molecular complexity index is 656. The van der Waals surface area contributed by atoms with Gasteiger partial charge in [-0.25, -0.2) is 9.50 Å². The highest BCUT2D eigenvalue weighted by molar-refractivity contribution is 5.76. The first-order valence-electron chi connectivity index (χ1n) is 5.96. The summed E-state index contributed by atoms with van der Waals surface area (Å²) in [6, 6.07) is 5.92. The molecule has 0 aliphatic rings. The number of nitrogens with two attached hydrogens (primary N) is 1. The summed E-state index contributed by atoms with van der Waals surface area (Å²) in [5.41, 5.74) is 7.44. The lowest BCUT2D eigenvalue weighted by Crippen LogP contribution is -2.00. The third-order valence-electron chi connectivity index (χ3n) is 2.84. The molecule has 0 atom stereocenters. The van der Waals surface area contributed by atoms with E-state index >= 15 is 0 Å². The predicted octanol–water partition coefficient (Wildman–Crippen LogP) is 1.88. The SMILES string of the molecule is NCCCc1ncc(-c2cnn3ccccc23)o1. The van der Waals surface area contributed by atoms with E-state index in [1.807, 2.05) is 28.9 Å². The van der Waals surface area contributed by atoms with Crippen molar-refractivity contribution in [3.8, 4) is 11.3 Å². The first-order chi connectivity index (χ1) is 8.88. The van der Waals surface area contributed by atoms with Gasteiger partial charge >= 0.3 is 0 Å².